The Labute approximate surface area is 159 Å². The smallest absolute Gasteiger partial charge is 0.193 e. The molecule has 2 unspecified atom stereocenters. The van der Waals surface area contributed by atoms with Crippen molar-refractivity contribution in [2.24, 2.45) is 10.9 Å². The van der Waals surface area contributed by atoms with Gasteiger partial charge in [-0.25, -0.2) is 0 Å². The van der Waals surface area contributed by atoms with Crippen LogP contribution in [0.4, 0.5) is 0 Å². The van der Waals surface area contributed by atoms with Gasteiger partial charge < -0.3 is 19.7 Å². The number of unbranched alkanes of at least 4 members (excludes halogenated alkanes) is 3. The summed E-state index contributed by atoms with van der Waals surface area (Å²) in [6.07, 6.45) is 7.92. The molecule has 0 bridgehead atoms. The van der Waals surface area contributed by atoms with Gasteiger partial charge in [-0.2, -0.15) is 0 Å². The Hall–Kier alpha value is -1.11. The highest BCUT2D eigenvalue weighted by Crippen LogP contribution is 2.21. The minimum absolute atomic E-state index is 0.485. The van der Waals surface area contributed by atoms with Crippen LogP contribution in [0, 0.1) is 5.92 Å². The van der Waals surface area contributed by atoms with E-state index >= 15 is 0 Å². The standard InChI is InChI=1S/C20H38N4O2/c1-4-5-6-7-8-10-23(3)20(21-2)22-16-19(18-9-13-26-17-18)24-11-14-25-15-12-24/h4,18-19H,1,5-17H2,2-3H3,(H,21,22). The second kappa shape index (κ2) is 12.3. The second-order valence-corrected chi connectivity index (χ2v) is 7.33. The van der Waals surface area contributed by atoms with Crippen LogP contribution in [0.15, 0.2) is 17.6 Å². The molecule has 0 radical (unpaired) electrons. The van der Waals surface area contributed by atoms with Crippen molar-refractivity contribution in [2.75, 3.05) is 66.7 Å². The van der Waals surface area contributed by atoms with Crippen molar-refractivity contribution in [3.8, 4) is 0 Å². The fourth-order valence-electron chi connectivity index (χ4n) is 3.86. The average molecular weight is 367 g/mol. The SMILES string of the molecule is C=CCCCCCN(C)C(=NC)NCC(C1CCOC1)N1CCOCC1. The summed E-state index contributed by atoms with van der Waals surface area (Å²) in [4.78, 5) is 9.30. The largest absolute Gasteiger partial charge is 0.381 e. The summed E-state index contributed by atoms with van der Waals surface area (Å²) >= 11 is 0. The molecule has 0 aliphatic carbocycles. The van der Waals surface area contributed by atoms with Crippen LogP contribution in [0.1, 0.15) is 32.1 Å². The maximum Gasteiger partial charge on any atom is 0.193 e. The van der Waals surface area contributed by atoms with E-state index in [4.69, 9.17) is 9.47 Å². The van der Waals surface area contributed by atoms with E-state index in [1.807, 2.05) is 13.1 Å². The number of hydrogen-bond acceptors (Lipinski definition) is 4. The maximum atomic E-state index is 5.66. The minimum Gasteiger partial charge on any atom is -0.381 e. The summed E-state index contributed by atoms with van der Waals surface area (Å²) in [6.45, 7) is 11.2. The molecule has 0 amide bonds. The Morgan fingerprint density at radius 3 is 2.73 bits per heavy atom. The number of nitrogens with one attached hydrogen (secondary N) is 1. The molecule has 2 heterocycles. The molecule has 2 atom stereocenters. The lowest BCUT2D eigenvalue weighted by Crippen LogP contribution is -2.53. The average Bonchev–Trinajstić information content (AvgIpc) is 3.20. The number of ether oxygens (including phenoxy) is 2. The van der Waals surface area contributed by atoms with Crippen LogP contribution in [0.2, 0.25) is 0 Å². The van der Waals surface area contributed by atoms with E-state index < -0.39 is 0 Å². The van der Waals surface area contributed by atoms with Gasteiger partial charge in [0.15, 0.2) is 5.96 Å². The van der Waals surface area contributed by atoms with Crippen LogP contribution in [0.3, 0.4) is 0 Å². The molecule has 6 heteroatoms. The van der Waals surface area contributed by atoms with E-state index in [0.717, 1.165) is 71.4 Å². The fraction of sp³-hybridized carbons (Fsp3) is 0.850. The maximum absolute atomic E-state index is 5.66. The zero-order valence-electron chi connectivity index (χ0n) is 16.8. The first-order chi connectivity index (χ1) is 12.8. The van der Waals surface area contributed by atoms with Crippen LogP contribution in [-0.2, 0) is 9.47 Å². The lowest BCUT2D eigenvalue weighted by molar-refractivity contribution is 0.00236. The van der Waals surface area contributed by atoms with Crippen molar-refractivity contribution >= 4 is 5.96 Å². The number of guanidine groups is 1. The number of allylic oxidation sites excluding steroid dienone is 1. The van der Waals surface area contributed by atoms with E-state index in [2.05, 4.69) is 33.7 Å². The third kappa shape index (κ3) is 6.89. The van der Waals surface area contributed by atoms with Gasteiger partial charge in [-0.15, -0.1) is 6.58 Å². The molecular formula is C20H38N4O2. The molecule has 6 nitrogen and oxygen atoms in total. The highest BCUT2D eigenvalue weighted by molar-refractivity contribution is 5.79. The highest BCUT2D eigenvalue weighted by Gasteiger charge is 2.31. The van der Waals surface area contributed by atoms with Crippen LogP contribution >= 0.6 is 0 Å². The number of rotatable bonds is 10. The molecule has 0 aromatic carbocycles. The van der Waals surface area contributed by atoms with Crippen molar-refractivity contribution < 1.29 is 9.47 Å². The summed E-state index contributed by atoms with van der Waals surface area (Å²) in [5, 5.41) is 3.62. The molecule has 150 valence electrons. The van der Waals surface area contributed by atoms with E-state index in [1.165, 1.54) is 19.3 Å². The molecule has 26 heavy (non-hydrogen) atoms. The number of nitrogens with zero attached hydrogens (tertiary/aromatic N) is 3. The summed E-state index contributed by atoms with van der Waals surface area (Å²) in [5.41, 5.74) is 0. The monoisotopic (exact) mass is 366 g/mol. The summed E-state index contributed by atoms with van der Waals surface area (Å²) < 4.78 is 11.2. The predicted octanol–water partition coefficient (Wildman–Crippen LogP) is 1.98. The van der Waals surface area contributed by atoms with Gasteiger partial charge in [-0.05, 0) is 25.7 Å². The third-order valence-electron chi connectivity index (χ3n) is 5.47. The Morgan fingerprint density at radius 2 is 2.08 bits per heavy atom. The molecule has 0 spiro atoms. The zero-order chi connectivity index (χ0) is 18.6. The first kappa shape index (κ1) is 21.2. The zero-order valence-corrected chi connectivity index (χ0v) is 16.8. The molecule has 2 fully saturated rings. The van der Waals surface area contributed by atoms with Crippen LogP contribution < -0.4 is 5.32 Å². The lowest BCUT2D eigenvalue weighted by Gasteiger charge is -2.38. The summed E-state index contributed by atoms with van der Waals surface area (Å²) in [6, 6.07) is 0.485. The van der Waals surface area contributed by atoms with Gasteiger partial charge in [0, 0.05) is 58.8 Å². The topological polar surface area (TPSA) is 49.3 Å². The molecule has 0 saturated carbocycles. The van der Waals surface area contributed by atoms with Crippen molar-refractivity contribution in [1.29, 1.82) is 0 Å². The molecular weight excluding hydrogens is 328 g/mol. The minimum atomic E-state index is 0.485. The van der Waals surface area contributed by atoms with Gasteiger partial charge in [0.25, 0.3) is 0 Å². The molecule has 2 aliphatic heterocycles. The van der Waals surface area contributed by atoms with Crippen LogP contribution in [0.25, 0.3) is 0 Å². The lowest BCUT2D eigenvalue weighted by atomic mass is 9.97. The molecule has 1 N–H and O–H groups in total. The first-order valence-electron chi connectivity index (χ1n) is 10.2. The fourth-order valence-corrected chi connectivity index (χ4v) is 3.86. The predicted molar refractivity (Wildman–Crippen MR) is 108 cm³/mol. The quantitative estimate of drug-likeness (QED) is 0.277. The van der Waals surface area contributed by atoms with Crippen molar-refractivity contribution in [1.82, 2.24) is 15.1 Å². The number of hydrogen-bond donors (Lipinski definition) is 1. The van der Waals surface area contributed by atoms with Crippen molar-refractivity contribution in [3.05, 3.63) is 12.7 Å². The summed E-state index contributed by atoms with van der Waals surface area (Å²) in [5.74, 6) is 1.59. The Balaban J connectivity index is 1.81. The van der Waals surface area contributed by atoms with E-state index in [9.17, 15) is 0 Å². The van der Waals surface area contributed by atoms with Gasteiger partial charge in [0.1, 0.15) is 0 Å². The normalized spacial score (nSPS) is 23.0. The summed E-state index contributed by atoms with van der Waals surface area (Å²) in [7, 11) is 4.00. The second-order valence-electron chi connectivity index (χ2n) is 7.33. The van der Waals surface area contributed by atoms with Gasteiger partial charge in [-0.3, -0.25) is 9.89 Å². The van der Waals surface area contributed by atoms with Crippen molar-refractivity contribution in [2.45, 2.75) is 38.1 Å². The number of morpholine rings is 1. The van der Waals surface area contributed by atoms with Crippen LogP contribution in [-0.4, -0.2) is 88.5 Å². The van der Waals surface area contributed by atoms with Gasteiger partial charge in [0.05, 0.1) is 19.8 Å². The Kier molecular flexibility index (Phi) is 10.0. The Bertz CT molecular complexity index is 418. The van der Waals surface area contributed by atoms with Crippen molar-refractivity contribution in [3.63, 3.8) is 0 Å². The first-order valence-corrected chi connectivity index (χ1v) is 10.2. The highest BCUT2D eigenvalue weighted by atomic mass is 16.5. The van der Waals surface area contributed by atoms with Gasteiger partial charge in [0.2, 0.25) is 0 Å². The van der Waals surface area contributed by atoms with Crippen LogP contribution in [0.5, 0.6) is 0 Å². The van der Waals surface area contributed by atoms with E-state index in [-0.39, 0.29) is 0 Å². The molecule has 2 saturated heterocycles. The third-order valence-corrected chi connectivity index (χ3v) is 5.47. The van der Waals surface area contributed by atoms with E-state index in [0.29, 0.717) is 12.0 Å². The number of aliphatic imine (C=N–C) groups is 1. The molecule has 2 rings (SSSR count). The molecule has 0 aromatic rings. The van der Waals surface area contributed by atoms with Gasteiger partial charge in [-0.1, -0.05) is 12.5 Å². The van der Waals surface area contributed by atoms with E-state index in [1.54, 1.807) is 0 Å². The van der Waals surface area contributed by atoms with Gasteiger partial charge >= 0.3 is 0 Å². The molecule has 2 aliphatic rings. The Morgan fingerprint density at radius 1 is 1.27 bits per heavy atom. The molecule has 0 aromatic heterocycles.